The van der Waals surface area contributed by atoms with Crippen LogP contribution in [0, 0.1) is 5.92 Å². The standard InChI is InChI=1S/C39H49N5O7/c1-27(2)22-30-26-51-34-13-9-8-12-32(34)38(48)42-33(39(49)40-21-20-28-14-16-31(50-4)17-15-28)18-19-36(46)44(23-29-10-6-5-7-11-29)25-37(47)43(3)24-35(45)41-30/h5-17,27,30,33H,18-26H2,1-4H3,(H,40,49)(H,41,45)(H,42,48)/t30-,33-/m0/s1. The number of hydrogen-bond donors (Lipinski definition) is 3. The minimum absolute atomic E-state index is 0.0177. The van der Waals surface area contributed by atoms with Gasteiger partial charge in [-0.3, -0.25) is 24.0 Å². The van der Waals surface area contributed by atoms with Crippen molar-refractivity contribution in [3.63, 3.8) is 0 Å². The van der Waals surface area contributed by atoms with Gasteiger partial charge in [-0.15, -0.1) is 0 Å². The van der Waals surface area contributed by atoms with Gasteiger partial charge < -0.3 is 35.2 Å². The fraction of sp³-hybridized carbons (Fsp3) is 0.410. The number of nitrogens with zero attached hydrogens (tertiary/aromatic N) is 2. The Labute approximate surface area is 299 Å². The van der Waals surface area contributed by atoms with E-state index in [-0.39, 0.29) is 68.1 Å². The van der Waals surface area contributed by atoms with E-state index >= 15 is 0 Å². The lowest BCUT2D eigenvalue weighted by molar-refractivity contribution is -0.142. The molecule has 0 fully saturated rings. The van der Waals surface area contributed by atoms with Gasteiger partial charge in [-0.1, -0.05) is 68.4 Å². The average Bonchev–Trinajstić information content (AvgIpc) is 3.11. The van der Waals surface area contributed by atoms with Crippen LogP contribution < -0.4 is 25.4 Å². The van der Waals surface area contributed by atoms with Crippen LogP contribution in [0.3, 0.4) is 0 Å². The molecule has 272 valence electrons. The molecular weight excluding hydrogens is 650 g/mol. The summed E-state index contributed by atoms with van der Waals surface area (Å²) in [4.78, 5) is 70.3. The van der Waals surface area contributed by atoms with Gasteiger partial charge >= 0.3 is 0 Å². The van der Waals surface area contributed by atoms with Gasteiger partial charge in [-0.05, 0) is 60.6 Å². The molecule has 12 nitrogen and oxygen atoms in total. The molecule has 0 unspecified atom stereocenters. The van der Waals surface area contributed by atoms with Crippen LogP contribution in [-0.2, 0) is 32.1 Å². The van der Waals surface area contributed by atoms with E-state index in [4.69, 9.17) is 9.47 Å². The molecule has 0 saturated carbocycles. The molecule has 1 aliphatic rings. The van der Waals surface area contributed by atoms with Gasteiger partial charge in [0.15, 0.2) is 0 Å². The third-order valence-electron chi connectivity index (χ3n) is 8.54. The van der Waals surface area contributed by atoms with E-state index in [1.54, 1.807) is 31.4 Å². The Morgan fingerprint density at radius 1 is 0.902 bits per heavy atom. The van der Waals surface area contributed by atoms with E-state index in [0.29, 0.717) is 19.4 Å². The summed E-state index contributed by atoms with van der Waals surface area (Å²) in [5.74, 6) is -0.911. The summed E-state index contributed by atoms with van der Waals surface area (Å²) in [5, 5.41) is 8.70. The number of ether oxygens (including phenoxy) is 2. The van der Waals surface area contributed by atoms with Crippen molar-refractivity contribution >= 4 is 29.5 Å². The average molecular weight is 700 g/mol. The number of benzene rings is 3. The minimum atomic E-state index is -1.06. The van der Waals surface area contributed by atoms with Crippen molar-refractivity contribution in [2.24, 2.45) is 5.92 Å². The molecule has 1 heterocycles. The molecule has 3 N–H and O–H groups in total. The minimum Gasteiger partial charge on any atom is -0.497 e. The molecule has 0 aliphatic carbocycles. The molecular formula is C39H49N5O7. The second-order valence-electron chi connectivity index (χ2n) is 13.1. The maximum Gasteiger partial charge on any atom is 0.255 e. The molecule has 0 saturated heterocycles. The summed E-state index contributed by atoms with van der Waals surface area (Å²) in [6, 6.07) is 22.0. The predicted molar refractivity (Wildman–Crippen MR) is 193 cm³/mol. The molecule has 0 bridgehead atoms. The first-order chi connectivity index (χ1) is 24.5. The number of para-hydroxylation sites is 1. The summed E-state index contributed by atoms with van der Waals surface area (Å²) in [6.45, 7) is 4.10. The smallest absolute Gasteiger partial charge is 0.255 e. The Bertz CT molecular complexity index is 1630. The fourth-order valence-corrected chi connectivity index (χ4v) is 5.78. The Hall–Kier alpha value is -5.39. The number of likely N-dealkylation sites (N-methyl/N-ethyl adjacent to an activating group) is 1. The molecule has 4 rings (SSSR count). The second kappa shape index (κ2) is 19.1. The third kappa shape index (κ3) is 12.2. The Morgan fingerprint density at radius 2 is 1.61 bits per heavy atom. The van der Waals surface area contributed by atoms with Crippen molar-refractivity contribution < 1.29 is 33.4 Å². The van der Waals surface area contributed by atoms with Crippen molar-refractivity contribution in [2.45, 2.75) is 58.2 Å². The van der Waals surface area contributed by atoms with Crippen LogP contribution in [0.2, 0.25) is 0 Å². The van der Waals surface area contributed by atoms with E-state index in [0.717, 1.165) is 16.9 Å². The maximum atomic E-state index is 13.8. The molecule has 51 heavy (non-hydrogen) atoms. The number of amides is 5. The Kier molecular flexibility index (Phi) is 14.4. The number of nitrogens with one attached hydrogen (secondary N) is 3. The van der Waals surface area contributed by atoms with Crippen LogP contribution in [-0.4, -0.2) is 91.8 Å². The molecule has 0 radical (unpaired) electrons. The lowest BCUT2D eigenvalue weighted by Gasteiger charge is -2.27. The van der Waals surface area contributed by atoms with E-state index < -0.39 is 29.8 Å². The van der Waals surface area contributed by atoms with Gasteiger partial charge in [-0.25, -0.2) is 0 Å². The zero-order chi connectivity index (χ0) is 36.8. The number of fused-ring (bicyclic) bond motifs is 1. The Morgan fingerprint density at radius 3 is 2.31 bits per heavy atom. The lowest BCUT2D eigenvalue weighted by Crippen LogP contribution is -2.49. The predicted octanol–water partition coefficient (Wildman–Crippen LogP) is 3.34. The van der Waals surface area contributed by atoms with Crippen molar-refractivity contribution in [1.29, 1.82) is 0 Å². The molecule has 2 atom stereocenters. The van der Waals surface area contributed by atoms with Gasteiger partial charge in [0.1, 0.15) is 30.7 Å². The van der Waals surface area contributed by atoms with Crippen LogP contribution in [0.5, 0.6) is 11.5 Å². The summed E-state index contributed by atoms with van der Waals surface area (Å²) in [7, 11) is 3.12. The molecule has 3 aromatic carbocycles. The van der Waals surface area contributed by atoms with Gasteiger partial charge in [-0.2, -0.15) is 0 Å². The molecule has 0 aromatic heterocycles. The normalized spacial score (nSPS) is 18.1. The van der Waals surface area contributed by atoms with E-state index in [1.807, 2.05) is 68.4 Å². The van der Waals surface area contributed by atoms with Gasteiger partial charge in [0.2, 0.25) is 23.6 Å². The number of hydrogen-bond acceptors (Lipinski definition) is 7. The molecule has 1 aliphatic heterocycles. The van der Waals surface area contributed by atoms with Crippen molar-refractivity contribution in [3.8, 4) is 11.5 Å². The SMILES string of the molecule is COc1ccc(CCNC(=O)[C@@H]2CCC(=O)N(Cc3ccccc3)CC(=O)N(C)CC(=O)N[C@@H](CC(C)C)COc3ccccc3C(=O)N2)cc1. The highest BCUT2D eigenvalue weighted by molar-refractivity contribution is 5.99. The maximum absolute atomic E-state index is 13.8. The van der Waals surface area contributed by atoms with Gasteiger partial charge in [0.25, 0.3) is 5.91 Å². The molecule has 0 spiro atoms. The largest absolute Gasteiger partial charge is 0.497 e. The first-order valence-corrected chi connectivity index (χ1v) is 17.3. The first kappa shape index (κ1) is 38.4. The van der Waals surface area contributed by atoms with Crippen LogP contribution in [0.15, 0.2) is 78.9 Å². The first-order valence-electron chi connectivity index (χ1n) is 17.3. The topological polar surface area (TPSA) is 146 Å². The summed E-state index contributed by atoms with van der Waals surface area (Å²) >= 11 is 0. The van der Waals surface area contributed by atoms with Crippen LogP contribution in [0.1, 0.15) is 54.6 Å². The lowest BCUT2D eigenvalue weighted by atomic mass is 10.0. The number of carbonyl (C=O) groups excluding carboxylic acids is 5. The number of rotatable bonds is 9. The summed E-state index contributed by atoms with van der Waals surface area (Å²) < 4.78 is 11.3. The second-order valence-corrected chi connectivity index (χ2v) is 13.1. The molecule has 3 aromatic rings. The van der Waals surface area contributed by atoms with E-state index in [9.17, 15) is 24.0 Å². The fourth-order valence-electron chi connectivity index (χ4n) is 5.78. The summed E-state index contributed by atoms with van der Waals surface area (Å²) in [6.07, 6.45) is 0.989. The highest BCUT2D eigenvalue weighted by Gasteiger charge is 2.28. The molecule has 12 heteroatoms. The van der Waals surface area contributed by atoms with Gasteiger partial charge in [0, 0.05) is 26.6 Å². The quantitative estimate of drug-likeness (QED) is 0.311. The summed E-state index contributed by atoms with van der Waals surface area (Å²) in [5.41, 5.74) is 2.02. The van der Waals surface area contributed by atoms with Crippen LogP contribution >= 0.6 is 0 Å². The Balaban J connectivity index is 1.60. The zero-order valence-corrected chi connectivity index (χ0v) is 29.9. The van der Waals surface area contributed by atoms with Crippen molar-refractivity contribution in [3.05, 3.63) is 95.6 Å². The zero-order valence-electron chi connectivity index (χ0n) is 29.9. The van der Waals surface area contributed by atoms with E-state index in [2.05, 4.69) is 16.0 Å². The van der Waals surface area contributed by atoms with Gasteiger partial charge in [0.05, 0.1) is 25.3 Å². The van der Waals surface area contributed by atoms with E-state index in [1.165, 1.54) is 16.8 Å². The highest BCUT2D eigenvalue weighted by Crippen LogP contribution is 2.20. The third-order valence-corrected chi connectivity index (χ3v) is 8.54. The van der Waals surface area contributed by atoms with Crippen molar-refractivity contribution in [2.75, 3.05) is 40.4 Å². The van der Waals surface area contributed by atoms with Crippen LogP contribution in [0.4, 0.5) is 0 Å². The highest BCUT2D eigenvalue weighted by atomic mass is 16.5. The number of methoxy groups -OCH3 is 1. The van der Waals surface area contributed by atoms with Crippen molar-refractivity contribution in [1.82, 2.24) is 25.8 Å². The van der Waals surface area contributed by atoms with Crippen LogP contribution in [0.25, 0.3) is 0 Å². The monoisotopic (exact) mass is 699 g/mol. The molecule has 5 amide bonds. The number of carbonyl (C=O) groups is 5.